The number of aromatic nitrogens is 3. The Bertz CT molecular complexity index is 1670. The molecule has 2 aromatic heterocycles. The van der Waals surface area contributed by atoms with Gasteiger partial charge in [-0.1, -0.05) is 22.8 Å². The zero-order chi connectivity index (χ0) is 31.1. The van der Waals surface area contributed by atoms with Gasteiger partial charge in [-0.3, -0.25) is 9.48 Å². The molecule has 1 fully saturated rings. The molecule has 1 aromatic carbocycles. The fourth-order valence-electron chi connectivity index (χ4n) is 4.83. The van der Waals surface area contributed by atoms with E-state index in [2.05, 4.69) is 26.2 Å². The van der Waals surface area contributed by atoms with Crippen LogP contribution in [0.15, 0.2) is 33.2 Å². The summed E-state index contributed by atoms with van der Waals surface area (Å²) in [5, 5.41) is 10.9. The summed E-state index contributed by atoms with van der Waals surface area (Å²) in [6, 6.07) is 4.68. The van der Waals surface area contributed by atoms with E-state index in [0.29, 0.717) is 54.0 Å². The summed E-state index contributed by atoms with van der Waals surface area (Å²) in [5.41, 5.74) is 0.586. The van der Waals surface area contributed by atoms with E-state index in [0.717, 1.165) is 18.3 Å². The average Bonchev–Trinajstić information content (AvgIpc) is 3.65. The normalized spacial score (nSPS) is 18.0. The number of ether oxygens (including phenoxy) is 1. The van der Waals surface area contributed by atoms with E-state index in [-0.39, 0.29) is 32.9 Å². The van der Waals surface area contributed by atoms with Crippen molar-refractivity contribution in [1.29, 1.82) is 0 Å². The number of likely N-dealkylation sites (tertiary alicyclic amines) is 1. The monoisotopic (exact) mass is 725 g/mol. The molecule has 2 aliphatic heterocycles. The van der Waals surface area contributed by atoms with Gasteiger partial charge in [-0.25, -0.2) is 4.98 Å². The summed E-state index contributed by atoms with van der Waals surface area (Å²) in [6.07, 6.45) is -2.76. The smallest absolute Gasteiger partial charge is 0.434 e. The Hall–Kier alpha value is -2.89. The molecule has 1 unspecified atom stereocenters. The van der Waals surface area contributed by atoms with Gasteiger partial charge in [-0.05, 0) is 40.9 Å². The highest BCUT2D eigenvalue weighted by atomic mass is 79.9. The number of hydrogen-bond donors (Lipinski definition) is 0. The van der Waals surface area contributed by atoms with Gasteiger partial charge in [0.05, 0.1) is 27.5 Å². The van der Waals surface area contributed by atoms with Crippen molar-refractivity contribution >= 4 is 60.6 Å². The number of amides is 1. The lowest BCUT2D eigenvalue weighted by molar-refractivity contribution is -0.144. The first-order valence-electron chi connectivity index (χ1n) is 12.8. The van der Waals surface area contributed by atoms with Crippen LogP contribution in [0.2, 0.25) is 5.02 Å². The molecule has 0 spiro atoms. The molecule has 0 aliphatic carbocycles. The Morgan fingerprint density at radius 1 is 1.28 bits per heavy atom. The Morgan fingerprint density at radius 2 is 2.00 bits per heavy atom. The summed E-state index contributed by atoms with van der Waals surface area (Å²) in [4.78, 5) is 24.6. The van der Waals surface area contributed by atoms with Crippen molar-refractivity contribution in [2.24, 2.45) is 12.2 Å². The second-order valence-electron chi connectivity index (χ2n) is 9.88. The second kappa shape index (κ2) is 12.2. The number of alkyl halides is 3. The molecule has 0 saturated carbocycles. The number of thiazole rings is 1. The van der Waals surface area contributed by atoms with Crippen LogP contribution >= 0.6 is 38.9 Å². The van der Waals surface area contributed by atoms with Gasteiger partial charge in [0.1, 0.15) is 10.2 Å². The third-order valence-corrected chi connectivity index (χ3v) is 9.35. The number of aryl methyl sites for hydroxylation is 1. The number of hydrogen-bond acceptors (Lipinski definition) is 10. The van der Waals surface area contributed by atoms with Crippen molar-refractivity contribution in [3.63, 3.8) is 0 Å². The van der Waals surface area contributed by atoms with E-state index in [1.807, 2.05) is 5.38 Å². The van der Waals surface area contributed by atoms with Crippen molar-refractivity contribution < 1.29 is 40.1 Å². The lowest BCUT2D eigenvalue weighted by Crippen LogP contribution is -2.40. The minimum Gasteiger partial charge on any atom is -0.466 e. The molecule has 0 radical (unpaired) electrons. The first kappa shape index (κ1) is 31.5. The Morgan fingerprint density at radius 3 is 2.65 bits per heavy atom. The Labute approximate surface area is 261 Å². The minimum atomic E-state index is -4.63. The molecule has 1 amide bonds. The summed E-state index contributed by atoms with van der Waals surface area (Å²) >= 11 is 10.7. The van der Waals surface area contributed by atoms with E-state index in [1.54, 1.807) is 17.0 Å². The number of piperidine rings is 1. The number of carbonyl (C=O) groups excluding carboxylic acids is 1. The molecule has 1 saturated heterocycles. The van der Waals surface area contributed by atoms with Crippen LogP contribution < -0.4 is 8.92 Å². The molecule has 1 atom stereocenters. The van der Waals surface area contributed by atoms with Crippen molar-refractivity contribution in [1.82, 2.24) is 19.7 Å². The van der Waals surface area contributed by atoms with Crippen molar-refractivity contribution in [3.8, 4) is 11.6 Å². The number of carbonyl (C=O) groups is 1. The fourth-order valence-corrected chi connectivity index (χ4v) is 7.26. The third kappa shape index (κ3) is 7.10. The van der Waals surface area contributed by atoms with E-state index < -0.39 is 34.7 Å². The zero-order valence-corrected chi connectivity index (χ0v) is 26.6. The standard InChI is InChI=1S/C25H24BrClF3N5O6S2/c1-34-22(25(28,29)30)21(26)23(32-34)39-11-19(36)35-8-6-13(7-9-35)24-31-16(12-42-24)15-10-18(40-33-15)20-14(27)4-3-5-17(20)41-43(2,37)38/h3-5,12-13,18H,6-11H2,1-2H3. The van der Waals surface area contributed by atoms with Gasteiger partial charge in [0.2, 0.25) is 5.88 Å². The number of rotatable bonds is 8. The van der Waals surface area contributed by atoms with Crippen LogP contribution in [0.5, 0.6) is 11.6 Å². The lowest BCUT2D eigenvalue weighted by Gasteiger charge is -2.31. The van der Waals surface area contributed by atoms with E-state index in [4.69, 9.17) is 30.3 Å². The quantitative estimate of drug-likeness (QED) is 0.287. The highest BCUT2D eigenvalue weighted by Gasteiger charge is 2.39. The zero-order valence-electron chi connectivity index (χ0n) is 22.6. The van der Waals surface area contributed by atoms with Crippen molar-refractivity contribution in [3.05, 3.63) is 55.0 Å². The van der Waals surface area contributed by atoms with Crippen LogP contribution in [0.1, 0.15) is 53.2 Å². The number of benzene rings is 1. The van der Waals surface area contributed by atoms with Crippen molar-refractivity contribution in [2.45, 2.75) is 37.5 Å². The molecule has 43 heavy (non-hydrogen) atoms. The molecule has 18 heteroatoms. The maximum Gasteiger partial charge on any atom is 0.434 e. The second-order valence-corrected chi connectivity index (χ2v) is 13.5. The highest BCUT2D eigenvalue weighted by molar-refractivity contribution is 9.10. The first-order valence-corrected chi connectivity index (χ1v) is 16.6. The third-order valence-electron chi connectivity index (χ3n) is 6.82. The summed E-state index contributed by atoms with van der Waals surface area (Å²) in [6.45, 7) is 0.420. The molecular weight excluding hydrogens is 703 g/mol. The van der Waals surface area contributed by atoms with Crippen LogP contribution in [0, 0.1) is 0 Å². The molecule has 4 heterocycles. The summed E-state index contributed by atoms with van der Waals surface area (Å²) < 4.78 is 73.7. The van der Waals surface area contributed by atoms with Gasteiger partial charge >= 0.3 is 16.3 Å². The predicted octanol–water partition coefficient (Wildman–Crippen LogP) is 5.30. The van der Waals surface area contributed by atoms with E-state index in [1.165, 1.54) is 17.4 Å². The molecule has 5 rings (SSSR count). The van der Waals surface area contributed by atoms with Crippen LogP contribution in [0.3, 0.4) is 0 Å². The lowest BCUT2D eigenvalue weighted by atomic mass is 9.97. The largest absolute Gasteiger partial charge is 0.466 e. The molecule has 0 bridgehead atoms. The topological polar surface area (TPSA) is 125 Å². The van der Waals surface area contributed by atoms with Gasteiger partial charge in [-0.15, -0.1) is 16.4 Å². The predicted molar refractivity (Wildman–Crippen MR) is 154 cm³/mol. The van der Waals surface area contributed by atoms with Crippen LogP contribution in [-0.2, 0) is 33.0 Å². The molecule has 2 aliphatic rings. The van der Waals surface area contributed by atoms with Gasteiger partial charge < -0.3 is 18.7 Å². The summed E-state index contributed by atoms with van der Waals surface area (Å²) in [7, 11) is -2.64. The Balaban J connectivity index is 1.16. The molecule has 0 N–H and O–H groups in total. The number of oxime groups is 1. The van der Waals surface area contributed by atoms with Crippen LogP contribution in [0.25, 0.3) is 0 Å². The van der Waals surface area contributed by atoms with Gasteiger partial charge in [0, 0.05) is 37.9 Å². The van der Waals surface area contributed by atoms with Crippen LogP contribution in [0.4, 0.5) is 13.2 Å². The SMILES string of the molecule is Cn1nc(OCC(=O)N2CCC(c3nc(C4=NOC(c5c(Cl)cccc5OS(C)(=O)=O)C4)cs3)CC2)c(Br)c1C(F)(F)F. The van der Waals surface area contributed by atoms with E-state index >= 15 is 0 Å². The number of nitrogens with zero attached hydrogens (tertiary/aromatic N) is 5. The molecule has 11 nitrogen and oxygen atoms in total. The maximum atomic E-state index is 13.2. The fraction of sp³-hybridized carbons (Fsp3) is 0.440. The summed E-state index contributed by atoms with van der Waals surface area (Å²) in [5.74, 6) is -0.490. The highest BCUT2D eigenvalue weighted by Crippen LogP contribution is 2.41. The minimum absolute atomic E-state index is 0.0702. The van der Waals surface area contributed by atoms with Crippen LogP contribution in [-0.4, -0.2) is 65.7 Å². The van der Waals surface area contributed by atoms with E-state index in [9.17, 15) is 26.4 Å². The average molecular weight is 727 g/mol. The van der Waals surface area contributed by atoms with Crippen molar-refractivity contribution in [2.75, 3.05) is 26.0 Å². The molecule has 232 valence electrons. The molecular formula is C25H24BrClF3N5O6S2. The van der Waals surface area contributed by atoms with Gasteiger partial charge in [0.25, 0.3) is 5.91 Å². The van der Waals surface area contributed by atoms with Gasteiger partial charge in [0.15, 0.2) is 24.2 Å². The molecule has 3 aromatic rings. The maximum absolute atomic E-state index is 13.2. The Kier molecular flexibility index (Phi) is 8.98. The van der Waals surface area contributed by atoms with Gasteiger partial charge in [-0.2, -0.15) is 21.6 Å². The first-order chi connectivity index (χ1) is 20.2. The number of halogens is 5.